The van der Waals surface area contributed by atoms with Crippen molar-refractivity contribution < 1.29 is 4.79 Å². The van der Waals surface area contributed by atoms with E-state index >= 15 is 0 Å². The minimum atomic E-state index is -0.156. The van der Waals surface area contributed by atoms with Crippen LogP contribution in [0.1, 0.15) is 15.4 Å². The molecule has 0 radical (unpaired) electrons. The molecule has 0 spiro atoms. The molecule has 4 rings (SSSR count). The topological polar surface area (TPSA) is 97.6 Å². The molecule has 0 bridgehead atoms. The molecule has 0 atom stereocenters. The van der Waals surface area contributed by atoms with E-state index in [1.807, 2.05) is 43.5 Å². The number of aromatic nitrogens is 5. The lowest BCUT2D eigenvalue weighted by Gasteiger charge is -2.09. The highest BCUT2D eigenvalue weighted by Crippen LogP contribution is 2.20. The van der Waals surface area contributed by atoms with Gasteiger partial charge in [-0.25, -0.2) is 19.9 Å². The molecule has 0 aliphatic carbocycles. The van der Waals surface area contributed by atoms with Gasteiger partial charge in [0.05, 0.1) is 11.2 Å². The molecule has 0 aliphatic heterocycles. The standard InChI is InChI=1S/C18H15N7OS/c1-12-17(27-11-22-12)18(26)24-14-4-2-13(3-5-14)23-15-8-16(21-9-20-15)25-7-6-19-10-25/h2-11H,1H3,(H,24,26)(H,20,21,23). The fourth-order valence-corrected chi connectivity index (χ4v) is 3.14. The summed E-state index contributed by atoms with van der Waals surface area (Å²) in [5, 5.41) is 6.09. The normalized spacial score (nSPS) is 10.6. The van der Waals surface area contributed by atoms with Gasteiger partial charge in [0.15, 0.2) is 0 Å². The smallest absolute Gasteiger partial charge is 0.267 e. The van der Waals surface area contributed by atoms with E-state index in [4.69, 9.17) is 0 Å². The van der Waals surface area contributed by atoms with Crippen LogP contribution in [0.15, 0.2) is 60.9 Å². The van der Waals surface area contributed by atoms with Crippen LogP contribution in [0.3, 0.4) is 0 Å². The van der Waals surface area contributed by atoms with Crippen LogP contribution in [0, 0.1) is 6.92 Å². The SMILES string of the molecule is Cc1ncsc1C(=O)Nc1ccc(Nc2cc(-n3ccnc3)ncn2)cc1. The Morgan fingerprint density at radius 2 is 1.93 bits per heavy atom. The summed E-state index contributed by atoms with van der Waals surface area (Å²) in [5.74, 6) is 1.22. The first-order chi connectivity index (χ1) is 13.2. The first-order valence-corrected chi connectivity index (χ1v) is 8.96. The van der Waals surface area contributed by atoms with Crippen LogP contribution in [-0.4, -0.2) is 30.4 Å². The fraction of sp³-hybridized carbons (Fsp3) is 0.0556. The molecule has 0 saturated heterocycles. The number of carbonyl (C=O) groups excluding carboxylic acids is 1. The number of hydrogen-bond acceptors (Lipinski definition) is 7. The lowest BCUT2D eigenvalue weighted by Crippen LogP contribution is -2.11. The van der Waals surface area contributed by atoms with E-state index in [-0.39, 0.29) is 5.91 Å². The van der Waals surface area contributed by atoms with Gasteiger partial charge in [0.25, 0.3) is 5.91 Å². The van der Waals surface area contributed by atoms with E-state index in [0.717, 1.165) is 11.4 Å². The Morgan fingerprint density at radius 3 is 2.63 bits per heavy atom. The highest BCUT2D eigenvalue weighted by Gasteiger charge is 2.11. The van der Waals surface area contributed by atoms with Gasteiger partial charge in [-0.1, -0.05) is 0 Å². The fourth-order valence-electron chi connectivity index (χ4n) is 2.44. The van der Waals surface area contributed by atoms with Crippen LogP contribution in [0.2, 0.25) is 0 Å². The molecule has 3 aromatic heterocycles. The van der Waals surface area contributed by atoms with Crippen molar-refractivity contribution in [1.29, 1.82) is 0 Å². The van der Waals surface area contributed by atoms with Crippen molar-refractivity contribution in [3.63, 3.8) is 0 Å². The first kappa shape index (κ1) is 16.9. The molecular weight excluding hydrogens is 362 g/mol. The number of nitrogens with one attached hydrogen (secondary N) is 2. The summed E-state index contributed by atoms with van der Waals surface area (Å²) in [7, 11) is 0. The minimum Gasteiger partial charge on any atom is -0.340 e. The van der Waals surface area contributed by atoms with E-state index < -0.39 is 0 Å². The van der Waals surface area contributed by atoms with Crippen molar-refractivity contribution >= 4 is 34.4 Å². The molecule has 27 heavy (non-hydrogen) atoms. The summed E-state index contributed by atoms with van der Waals surface area (Å²) in [4.78, 5) is 29.4. The Labute approximate surface area is 159 Å². The lowest BCUT2D eigenvalue weighted by atomic mass is 10.2. The summed E-state index contributed by atoms with van der Waals surface area (Å²) in [5.41, 5.74) is 3.95. The van der Waals surface area contributed by atoms with Gasteiger partial charge in [0.1, 0.15) is 29.2 Å². The number of thiazole rings is 1. The summed E-state index contributed by atoms with van der Waals surface area (Å²) in [6, 6.07) is 9.22. The highest BCUT2D eigenvalue weighted by molar-refractivity contribution is 7.12. The molecule has 2 N–H and O–H groups in total. The number of imidazole rings is 1. The van der Waals surface area contributed by atoms with Gasteiger partial charge in [-0.15, -0.1) is 11.3 Å². The summed E-state index contributed by atoms with van der Waals surface area (Å²) < 4.78 is 1.80. The minimum absolute atomic E-state index is 0.156. The first-order valence-electron chi connectivity index (χ1n) is 8.08. The van der Waals surface area contributed by atoms with Gasteiger partial charge in [-0.2, -0.15) is 0 Å². The summed E-state index contributed by atoms with van der Waals surface area (Å²) >= 11 is 1.33. The van der Waals surface area contributed by atoms with Crippen LogP contribution in [0.5, 0.6) is 0 Å². The molecule has 8 nitrogen and oxygen atoms in total. The molecule has 0 unspecified atom stereocenters. The van der Waals surface area contributed by atoms with Crippen LogP contribution in [-0.2, 0) is 0 Å². The van der Waals surface area contributed by atoms with Gasteiger partial charge < -0.3 is 10.6 Å². The molecule has 0 aliphatic rings. The van der Waals surface area contributed by atoms with Crippen molar-refractivity contribution in [2.75, 3.05) is 10.6 Å². The van der Waals surface area contributed by atoms with Gasteiger partial charge in [0.2, 0.25) is 0 Å². The number of rotatable bonds is 5. The third-order valence-corrected chi connectivity index (χ3v) is 4.72. The van der Waals surface area contributed by atoms with Gasteiger partial charge >= 0.3 is 0 Å². The maximum Gasteiger partial charge on any atom is 0.267 e. The zero-order valence-corrected chi connectivity index (χ0v) is 15.1. The van der Waals surface area contributed by atoms with Crippen LogP contribution < -0.4 is 10.6 Å². The third kappa shape index (κ3) is 3.82. The van der Waals surface area contributed by atoms with E-state index in [1.54, 1.807) is 22.6 Å². The zero-order valence-electron chi connectivity index (χ0n) is 14.3. The summed E-state index contributed by atoms with van der Waals surface area (Å²) in [6.07, 6.45) is 6.67. The molecule has 0 saturated carbocycles. The second-order valence-corrected chi connectivity index (χ2v) is 6.51. The monoisotopic (exact) mass is 377 g/mol. The van der Waals surface area contributed by atoms with Crippen LogP contribution in [0.4, 0.5) is 17.2 Å². The average molecular weight is 377 g/mol. The van der Waals surface area contributed by atoms with Crippen molar-refractivity contribution in [3.05, 3.63) is 71.5 Å². The van der Waals surface area contributed by atoms with Gasteiger partial charge in [-0.05, 0) is 31.2 Å². The second kappa shape index (κ2) is 7.34. The van der Waals surface area contributed by atoms with E-state index in [1.165, 1.54) is 17.7 Å². The quantitative estimate of drug-likeness (QED) is 0.553. The zero-order chi connectivity index (χ0) is 18.6. The van der Waals surface area contributed by atoms with Crippen LogP contribution >= 0.6 is 11.3 Å². The molecule has 134 valence electrons. The number of aryl methyl sites for hydroxylation is 1. The van der Waals surface area contributed by atoms with Crippen molar-refractivity contribution in [2.45, 2.75) is 6.92 Å². The number of anilines is 3. The molecule has 0 fully saturated rings. The van der Waals surface area contributed by atoms with E-state index in [2.05, 4.69) is 30.6 Å². The molecule has 4 aromatic rings. The molecule has 1 aromatic carbocycles. The maximum absolute atomic E-state index is 12.2. The van der Waals surface area contributed by atoms with E-state index in [9.17, 15) is 4.79 Å². The van der Waals surface area contributed by atoms with Gasteiger partial charge in [-0.3, -0.25) is 9.36 Å². The molecule has 3 heterocycles. The largest absolute Gasteiger partial charge is 0.340 e. The Morgan fingerprint density at radius 1 is 1.11 bits per heavy atom. The molecule has 9 heteroatoms. The van der Waals surface area contributed by atoms with Gasteiger partial charge in [0, 0.05) is 29.8 Å². The van der Waals surface area contributed by atoms with Crippen molar-refractivity contribution in [3.8, 4) is 5.82 Å². The van der Waals surface area contributed by atoms with Crippen molar-refractivity contribution in [1.82, 2.24) is 24.5 Å². The third-order valence-electron chi connectivity index (χ3n) is 3.79. The predicted octanol–water partition coefficient (Wildman–Crippen LogP) is 3.42. The molecular formula is C18H15N7OS. The van der Waals surface area contributed by atoms with Crippen LogP contribution in [0.25, 0.3) is 5.82 Å². The Bertz CT molecular complexity index is 1060. The Hall–Kier alpha value is -3.59. The Balaban J connectivity index is 1.45. The second-order valence-electron chi connectivity index (χ2n) is 5.65. The number of benzene rings is 1. The average Bonchev–Trinajstić information content (AvgIpc) is 3.35. The lowest BCUT2D eigenvalue weighted by molar-refractivity contribution is 0.103. The highest BCUT2D eigenvalue weighted by atomic mass is 32.1. The summed E-state index contributed by atoms with van der Waals surface area (Å²) in [6.45, 7) is 1.82. The number of hydrogen-bond donors (Lipinski definition) is 2. The predicted molar refractivity (Wildman–Crippen MR) is 104 cm³/mol. The van der Waals surface area contributed by atoms with E-state index in [0.29, 0.717) is 22.2 Å². The Kier molecular flexibility index (Phi) is 4.58. The maximum atomic E-state index is 12.2. The number of nitrogens with zero attached hydrogens (tertiary/aromatic N) is 5. The number of carbonyl (C=O) groups is 1. The molecule has 1 amide bonds. The number of amides is 1. The van der Waals surface area contributed by atoms with Crippen molar-refractivity contribution in [2.24, 2.45) is 0 Å².